The minimum Gasteiger partial charge on any atom is -0.326 e. The van der Waals surface area contributed by atoms with Crippen LogP contribution in [0.15, 0.2) is 52.2 Å². The van der Waals surface area contributed by atoms with Crippen molar-refractivity contribution in [3.63, 3.8) is 0 Å². The lowest BCUT2D eigenvalue weighted by Gasteiger charge is -2.20. The summed E-state index contributed by atoms with van der Waals surface area (Å²) < 4.78 is 30.7. The van der Waals surface area contributed by atoms with Crippen molar-refractivity contribution < 1.29 is 13.2 Å². The quantitative estimate of drug-likeness (QED) is 0.560. The first-order valence-corrected chi connectivity index (χ1v) is 12.8. The molecule has 1 aliphatic rings. The molecule has 1 aliphatic carbocycles. The molecule has 0 fully saturated rings. The lowest BCUT2D eigenvalue weighted by Crippen LogP contribution is -2.28. The number of amides is 1. The average Bonchev–Trinajstić information content (AvgIpc) is 2.82. The van der Waals surface area contributed by atoms with Gasteiger partial charge >= 0.3 is 0 Å². The van der Waals surface area contributed by atoms with Gasteiger partial charge in [0.05, 0.1) is 10.6 Å². The number of hydrogen-bond acceptors (Lipinski definition) is 5. The van der Waals surface area contributed by atoms with Crippen molar-refractivity contribution in [3.05, 3.63) is 69.5 Å². The van der Waals surface area contributed by atoms with Crippen LogP contribution in [0.4, 0.5) is 11.4 Å². The molecular weight excluding hydrogens is 452 g/mol. The zero-order valence-corrected chi connectivity index (χ0v) is 20.3. The highest BCUT2D eigenvalue weighted by atomic mass is 32.2. The van der Waals surface area contributed by atoms with Crippen molar-refractivity contribution in [2.75, 3.05) is 10.0 Å². The van der Waals surface area contributed by atoms with Crippen molar-refractivity contribution in [1.82, 2.24) is 9.78 Å². The van der Waals surface area contributed by atoms with Crippen LogP contribution in [-0.4, -0.2) is 24.1 Å². The monoisotopic (exact) mass is 480 g/mol. The van der Waals surface area contributed by atoms with E-state index in [0.29, 0.717) is 41.0 Å². The molecule has 0 saturated carbocycles. The summed E-state index contributed by atoms with van der Waals surface area (Å²) in [4.78, 5) is 24.0. The van der Waals surface area contributed by atoms with Crippen molar-refractivity contribution in [3.8, 4) is 11.3 Å². The molecule has 0 aliphatic heterocycles. The molecule has 3 aromatic rings. The fraction of sp³-hybridized carbons (Fsp3) is 0.320. The number of rotatable bonds is 6. The standard InChI is InChI=1S/C25H28N4O4S/c1-4-17-9-10-18(24-21-7-5-6-8-22(21)25(31)29(3)27-24)15-23(17)34(32,33)28-20-13-11-19(12-14-20)26-16(2)30/h9-15,28H,4-8H2,1-3H3,(H,26,30). The van der Waals surface area contributed by atoms with Gasteiger partial charge in [-0.3, -0.25) is 14.3 Å². The Morgan fingerprint density at radius 2 is 1.68 bits per heavy atom. The van der Waals surface area contributed by atoms with Crippen LogP contribution >= 0.6 is 0 Å². The molecule has 0 radical (unpaired) electrons. The lowest BCUT2D eigenvalue weighted by molar-refractivity contribution is -0.114. The molecule has 2 aromatic carbocycles. The summed E-state index contributed by atoms with van der Waals surface area (Å²) in [7, 11) is -2.27. The fourth-order valence-corrected chi connectivity index (χ4v) is 5.76. The van der Waals surface area contributed by atoms with Gasteiger partial charge in [0.15, 0.2) is 0 Å². The summed E-state index contributed by atoms with van der Waals surface area (Å²) in [5.41, 5.74) is 4.61. The highest BCUT2D eigenvalue weighted by Gasteiger charge is 2.23. The third-order valence-corrected chi connectivity index (χ3v) is 7.49. The number of hydrogen-bond donors (Lipinski definition) is 2. The summed E-state index contributed by atoms with van der Waals surface area (Å²) in [5, 5.41) is 7.16. The SMILES string of the molecule is CCc1ccc(-c2nn(C)c(=O)c3c2CCCC3)cc1S(=O)(=O)Nc1ccc(NC(C)=O)cc1. The average molecular weight is 481 g/mol. The number of benzene rings is 2. The second-order valence-electron chi connectivity index (χ2n) is 8.48. The third kappa shape index (κ3) is 4.75. The Labute approximate surface area is 199 Å². The molecule has 1 heterocycles. The van der Waals surface area contributed by atoms with Gasteiger partial charge < -0.3 is 5.32 Å². The molecule has 34 heavy (non-hydrogen) atoms. The molecule has 1 aromatic heterocycles. The molecular formula is C25H28N4O4S. The number of nitrogens with one attached hydrogen (secondary N) is 2. The Morgan fingerprint density at radius 3 is 2.32 bits per heavy atom. The molecule has 9 heteroatoms. The molecule has 0 bridgehead atoms. The second-order valence-corrected chi connectivity index (χ2v) is 10.1. The first-order valence-electron chi connectivity index (χ1n) is 11.3. The molecule has 0 unspecified atom stereocenters. The van der Waals surface area contributed by atoms with Gasteiger partial charge in [-0.2, -0.15) is 5.10 Å². The summed E-state index contributed by atoms with van der Waals surface area (Å²) in [6.07, 6.45) is 3.95. The van der Waals surface area contributed by atoms with Crippen LogP contribution < -0.4 is 15.6 Å². The topological polar surface area (TPSA) is 110 Å². The number of fused-ring (bicyclic) bond motifs is 1. The molecule has 0 saturated heterocycles. The predicted octanol–water partition coefficient (Wildman–Crippen LogP) is 3.65. The maximum absolute atomic E-state index is 13.4. The molecule has 1 amide bonds. The number of anilines is 2. The predicted molar refractivity (Wildman–Crippen MR) is 132 cm³/mol. The second kappa shape index (κ2) is 9.42. The largest absolute Gasteiger partial charge is 0.326 e. The van der Waals surface area contributed by atoms with Crippen molar-refractivity contribution in [1.29, 1.82) is 0 Å². The Kier molecular flexibility index (Phi) is 6.56. The zero-order valence-electron chi connectivity index (χ0n) is 19.5. The van der Waals surface area contributed by atoms with E-state index in [2.05, 4.69) is 15.1 Å². The van der Waals surface area contributed by atoms with E-state index in [4.69, 9.17) is 0 Å². The van der Waals surface area contributed by atoms with Gasteiger partial charge in [0.2, 0.25) is 5.91 Å². The van der Waals surface area contributed by atoms with E-state index in [1.165, 1.54) is 11.6 Å². The minimum absolute atomic E-state index is 0.0825. The van der Waals surface area contributed by atoms with Crippen molar-refractivity contribution >= 4 is 27.3 Å². The lowest BCUT2D eigenvalue weighted by atomic mass is 9.89. The Hall–Kier alpha value is -3.46. The Balaban J connectivity index is 1.74. The number of sulfonamides is 1. The van der Waals surface area contributed by atoms with Crippen LogP contribution in [0.3, 0.4) is 0 Å². The number of carbonyl (C=O) groups excluding carboxylic acids is 1. The van der Waals surface area contributed by atoms with Crippen molar-refractivity contribution in [2.45, 2.75) is 50.8 Å². The van der Waals surface area contributed by atoms with Gasteiger partial charge in [0.1, 0.15) is 0 Å². The zero-order chi connectivity index (χ0) is 24.5. The Morgan fingerprint density at radius 1 is 1.03 bits per heavy atom. The van der Waals surface area contributed by atoms with E-state index in [-0.39, 0.29) is 16.4 Å². The molecule has 178 valence electrons. The minimum atomic E-state index is -3.90. The first-order chi connectivity index (χ1) is 16.2. The number of carbonyl (C=O) groups is 1. The number of nitrogens with zero attached hydrogens (tertiary/aromatic N) is 2. The van der Waals surface area contributed by atoms with Crippen LogP contribution in [0.25, 0.3) is 11.3 Å². The molecule has 2 N–H and O–H groups in total. The summed E-state index contributed by atoms with van der Waals surface area (Å²) in [5.74, 6) is -0.202. The van der Waals surface area contributed by atoms with Gasteiger partial charge in [-0.1, -0.05) is 19.1 Å². The normalized spacial score (nSPS) is 13.3. The van der Waals surface area contributed by atoms with Crippen molar-refractivity contribution in [2.24, 2.45) is 7.05 Å². The van der Waals surface area contributed by atoms with Crippen LogP contribution in [-0.2, 0) is 41.1 Å². The van der Waals surface area contributed by atoms with Crippen LogP contribution in [0.1, 0.15) is 43.4 Å². The van der Waals surface area contributed by atoms with E-state index < -0.39 is 10.0 Å². The van der Waals surface area contributed by atoms with E-state index in [9.17, 15) is 18.0 Å². The van der Waals surface area contributed by atoms with Gasteiger partial charge in [0, 0.05) is 36.5 Å². The first kappa shape index (κ1) is 23.7. The maximum Gasteiger partial charge on any atom is 0.269 e. The van der Waals surface area contributed by atoms with Crippen LogP contribution in [0.2, 0.25) is 0 Å². The van der Waals surface area contributed by atoms with Gasteiger partial charge in [-0.05, 0) is 73.6 Å². The number of aromatic nitrogens is 2. The van der Waals surface area contributed by atoms with E-state index >= 15 is 0 Å². The van der Waals surface area contributed by atoms with E-state index in [0.717, 1.165) is 30.4 Å². The van der Waals surface area contributed by atoms with Gasteiger partial charge in [-0.25, -0.2) is 13.1 Å². The van der Waals surface area contributed by atoms with Gasteiger partial charge in [-0.15, -0.1) is 0 Å². The van der Waals surface area contributed by atoms with E-state index in [1.54, 1.807) is 37.4 Å². The highest BCUT2D eigenvalue weighted by molar-refractivity contribution is 7.92. The smallest absolute Gasteiger partial charge is 0.269 e. The summed E-state index contributed by atoms with van der Waals surface area (Å²) in [6, 6.07) is 11.8. The Bertz CT molecular complexity index is 1410. The fourth-order valence-electron chi connectivity index (χ4n) is 4.36. The third-order valence-electron chi connectivity index (χ3n) is 6.02. The summed E-state index contributed by atoms with van der Waals surface area (Å²) >= 11 is 0. The van der Waals surface area contributed by atoms with Crippen LogP contribution in [0, 0.1) is 0 Å². The summed E-state index contributed by atoms with van der Waals surface area (Å²) in [6.45, 7) is 3.31. The highest BCUT2D eigenvalue weighted by Crippen LogP contribution is 2.31. The molecule has 0 atom stereocenters. The van der Waals surface area contributed by atoms with Crippen LogP contribution in [0.5, 0.6) is 0 Å². The number of aryl methyl sites for hydroxylation is 2. The molecule has 0 spiro atoms. The van der Waals surface area contributed by atoms with Gasteiger partial charge in [0.25, 0.3) is 15.6 Å². The molecule has 8 nitrogen and oxygen atoms in total. The maximum atomic E-state index is 13.4. The van der Waals surface area contributed by atoms with E-state index in [1.807, 2.05) is 19.1 Å². The molecule has 4 rings (SSSR count).